The lowest BCUT2D eigenvalue weighted by molar-refractivity contribution is -0.137. The van der Waals surface area contributed by atoms with Crippen molar-refractivity contribution in [1.82, 2.24) is 10.2 Å². The molecule has 1 unspecified atom stereocenters. The van der Waals surface area contributed by atoms with Crippen LogP contribution in [0.2, 0.25) is 0 Å². The second-order valence-electron chi connectivity index (χ2n) is 6.12. The first-order valence-corrected chi connectivity index (χ1v) is 8.36. The molecule has 0 aromatic heterocycles. The van der Waals surface area contributed by atoms with Gasteiger partial charge in [0.2, 0.25) is 11.8 Å². The van der Waals surface area contributed by atoms with Gasteiger partial charge >= 0.3 is 0 Å². The molecule has 0 aromatic rings. The molecule has 1 N–H and O–H groups in total. The predicted molar refractivity (Wildman–Crippen MR) is 80.8 cm³/mol. The molecule has 2 rings (SSSR count). The summed E-state index contributed by atoms with van der Waals surface area (Å²) in [7, 11) is 0. The fraction of sp³-hybridized carbons (Fsp3) is 0.875. The van der Waals surface area contributed by atoms with Gasteiger partial charge in [0, 0.05) is 31.7 Å². The third-order valence-electron chi connectivity index (χ3n) is 4.71. The number of amides is 2. The summed E-state index contributed by atoms with van der Waals surface area (Å²) in [6.07, 6.45) is 5.07. The number of piperidine rings is 1. The first-order valence-electron chi connectivity index (χ1n) is 8.36. The zero-order valence-electron chi connectivity index (χ0n) is 13.3. The van der Waals surface area contributed by atoms with Gasteiger partial charge in [-0.15, -0.1) is 0 Å². The van der Waals surface area contributed by atoms with Crippen LogP contribution >= 0.6 is 0 Å². The number of rotatable bonds is 5. The molecule has 0 radical (unpaired) electrons. The molecule has 2 aliphatic rings. The first kappa shape index (κ1) is 16.3. The van der Waals surface area contributed by atoms with Crippen molar-refractivity contribution in [2.45, 2.75) is 64.5 Å². The Balaban J connectivity index is 1.75. The van der Waals surface area contributed by atoms with E-state index in [0.29, 0.717) is 6.61 Å². The Morgan fingerprint density at radius 3 is 2.38 bits per heavy atom. The van der Waals surface area contributed by atoms with E-state index < -0.39 is 0 Å². The molecule has 21 heavy (non-hydrogen) atoms. The highest BCUT2D eigenvalue weighted by Gasteiger charge is 2.29. The van der Waals surface area contributed by atoms with Crippen molar-refractivity contribution < 1.29 is 14.3 Å². The van der Waals surface area contributed by atoms with E-state index in [4.69, 9.17) is 4.74 Å². The molecule has 0 bridgehead atoms. The number of hydrogen-bond donors (Lipinski definition) is 1. The maximum Gasteiger partial charge on any atom is 0.249 e. The monoisotopic (exact) mass is 296 g/mol. The maximum absolute atomic E-state index is 12.3. The Kier molecular flexibility index (Phi) is 6.03. The summed E-state index contributed by atoms with van der Waals surface area (Å²) in [5, 5.41) is 3.08. The second kappa shape index (κ2) is 7.78. The third-order valence-corrected chi connectivity index (χ3v) is 4.71. The standard InChI is InChI=1S/C16H28N2O3/c1-3-12(4-2)16(20)18-9-7-13(8-10-18)17-15(19)14-6-5-11-21-14/h12-14H,3-11H2,1-2H3,(H,17,19). The average Bonchev–Trinajstić information content (AvgIpc) is 3.03. The summed E-state index contributed by atoms with van der Waals surface area (Å²) in [5.41, 5.74) is 0. The van der Waals surface area contributed by atoms with Gasteiger partial charge in [0.25, 0.3) is 0 Å². The molecule has 0 spiro atoms. The van der Waals surface area contributed by atoms with Crippen LogP contribution in [0.5, 0.6) is 0 Å². The van der Waals surface area contributed by atoms with Crippen molar-refractivity contribution in [3.05, 3.63) is 0 Å². The number of ether oxygens (including phenoxy) is 1. The van der Waals surface area contributed by atoms with Gasteiger partial charge in [-0.1, -0.05) is 13.8 Å². The molecular formula is C16H28N2O3. The summed E-state index contributed by atoms with van der Waals surface area (Å²) in [5.74, 6) is 0.462. The molecule has 2 amide bonds. The topological polar surface area (TPSA) is 58.6 Å². The number of likely N-dealkylation sites (tertiary alicyclic amines) is 1. The molecule has 2 aliphatic heterocycles. The molecule has 5 nitrogen and oxygen atoms in total. The highest BCUT2D eigenvalue weighted by Crippen LogP contribution is 2.18. The molecule has 0 aromatic carbocycles. The van der Waals surface area contributed by atoms with E-state index in [1.165, 1.54) is 0 Å². The summed E-state index contributed by atoms with van der Waals surface area (Å²) in [6, 6.07) is 0.187. The molecule has 2 fully saturated rings. The third kappa shape index (κ3) is 4.19. The van der Waals surface area contributed by atoms with Gasteiger partial charge in [0.15, 0.2) is 0 Å². The summed E-state index contributed by atoms with van der Waals surface area (Å²) in [4.78, 5) is 26.3. The Morgan fingerprint density at radius 2 is 1.86 bits per heavy atom. The van der Waals surface area contributed by atoms with Crippen LogP contribution in [-0.4, -0.2) is 48.6 Å². The zero-order chi connectivity index (χ0) is 15.2. The van der Waals surface area contributed by atoms with E-state index in [9.17, 15) is 9.59 Å². The fourth-order valence-corrected chi connectivity index (χ4v) is 3.22. The number of carbonyl (C=O) groups excluding carboxylic acids is 2. The van der Waals surface area contributed by atoms with E-state index in [-0.39, 0.29) is 29.9 Å². The minimum absolute atomic E-state index is 0.0252. The minimum Gasteiger partial charge on any atom is -0.368 e. The van der Waals surface area contributed by atoms with Gasteiger partial charge in [-0.3, -0.25) is 9.59 Å². The van der Waals surface area contributed by atoms with Gasteiger partial charge < -0.3 is 15.0 Å². The van der Waals surface area contributed by atoms with Crippen molar-refractivity contribution in [2.75, 3.05) is 19.7 Å². The second-order valence-corrected chi connectivity index (χ2v) is 6.12. The lowest BCUT2D eigenvalue weighted by atomic mass is 9.98. The molecule has 0 aliphatic carbocycles. The molecule has 5 heteroatoms. The van der Waals surface area contributed by atoms with E-state index in [2.05, 4.69) is 19.2 Å². The lowest BCUT2D eigenvalue weighted by Crippen LogP contribution is -2.49. The van der Waals surface area contributed by atoms with E-state index in [0.717, 1.165) is 51.6 Å². The Labute approximate surface area is 127 Å². The highest BCUT2D eigenvalue weighted by molar-refractivity contribution is 5.81. The van der Waals surface area contributed by atoms with Crippen LogP contribution in [0.15, 0.2) is 0 Å². The fourth-order valence-electron chi connectivity index (χ4n) is 3.22. The van der Waals surface area contributed by atoms with Crippen LogP contribution in [0, 0.1) is 5.92 Å². The van der Waals surface area contributed by atoms with Crippen molar-refractivity contribution in [2.24, 2.45) is 5.92 Å². The van der Waals surface area contributed by atoms with Crippen molar-refractivity contribution in [3.63, 3.8) is 0 Å². The van der Waals surface area contributed by atoms with Crippen LogP contribution in [-0.2, 0) is 14.3 Å². The predicted octanol–water partition coefficient (Wildman–Crippen LogP) is 1.71. The van der Waals surface area contributed by atoms with Gasteiger partial charge in [-0.05, 0) is 38.5 Å². The number of nitrogens with one attached hydrogen (secondary N) is 1. The molecule has 1 atom stereocenters. The van der Waals surface area contributed by atoms with Gasteiger partial charge in [-0.2, -0.15) is 0 Å². The quantitative estimate of drug-likeness (QED) is 0.840. The largest absolute Gasteiger partial charge is 0.368 e. The number of nitrogens with zero attached hydrogens (tertiary/aromatic N) is 1. The molecule has 2 heterocycles. The van der Waals surface area contributed by atoms with Gasteiger partial charge in [-0.25, -0.2) is 0 Å². The van der Waals surface area contributed by atoms with Crippen molar-refractivity contribution >= 4 is 11.8 Å². The van der Waals surface area contributed by atoms with Gasteiger partial charge in [0.05, 0.1) is 0 Å². The van der Waals surface area contributed by atoms with Crippen molar-refractivity contribution in [3.8, 4) is 0 Å². The molecule has 2 saturated heterocycles. The van der Waals surface area contributed by atoms with Crippen LogP contribution < -0.4 is 5.32 Å². The van der Waals surface area contributed by atoms with Gasteiger partial charge in [0.1, 0.15) is 6.10 Å². The number of carbonyl (C=O) groups is 2. The molecule has 120 valence electrons. The Morgan fingerprint density at radius 1 is 1.19 bits per heavy atom. The maximum atomic E-state index is 12.3. The molecule has 0 saturated carbocycles. The van der Waals surface area contributed by atoms with Crippen molar-refractivity contribution in [1.29, 1.82) is 0 Å². The number of hydrogen-bond acceptors (Lipinski definition) is 3. The normalized spacial score (nSPS) is 23.6. The smallest absolute Gasteiger partial charge is 0.249 e. The summed E-state index contributed by atoms with van der Waals surface area (Å²) in [6.45, 7) is 6.35. The van der Waals surface area contributed by atoms with E-state index >= 15 is 0 Å². The average molecular weight is 296 g/mol. The first-order chi connectivity index (χ1) is 10.2. The Bertz CT molecular complexity index is 355. The zero-order valence-corrected chi connectivity index (χ0v) is 13.3. The SMILES string of the molecule is CCC(CC)C(=O)N1CCC(NC(=O)C2CCCO2)CC1. The van der Waals surface area contributed by atoms with Crippen LogP contribution in [0.25, 0.3) is 0 Å². The van der Waals surface area contributed by atoms with Crippen LogP contribution in [0.4, 0.5) is 0 Å². The van der Waals surface area contributed by atoms with E-state index in [1.54, 1.807) is 0 Å². The molecular weight excluding hydrogens is 268 g/mol. The van der Waals surface area contributed by atoms with Crippen LogP contribution in [0.3, 0.4) is 0 Å². The minimum atomic E-state index is -0.255. The Hall–Kier alpha value is -1.10. The van der Waals surface area contributed by atoms with Crippen LogP contribution in [0.1, 0.15) is 52.4 Å². The highest BCUT2D eigenvalue weighted by atomic mass is 16.5. The summed E-state index contributed by atoms with van der Waals surface area (Å²) < 4.78 is 5.40. The lowest BCUT2D eigenvalue weighted by Gasteiger charge is -2.34. The van der Waals surface area contributed by atoms with E-state index in [1.807, 2.05) is 4.90 Å². The summed E-state index contributed by atoms with van der Waals surface area (Å²) >= 11 is 0.